The Kier molecular flexibility index (Phi) is 5.24. The van der Waals surface area contributed by atoms with Gasteiger partial charge in [0.15, 0.2) is 5.96 Å². The quantitative estimate of drug-likeness (QED) is 0.660. The summed E-state index contributed by atoms with van der Waals surface area (Å²) < 4.78 is 1.14. The molecule has 1 unspecified atom stereocenters. The van der Waals surface area contributed by atoms with Crippen LogP contribution in [0.5, 0.6) is 0 Å². The van der Waals surface area contributed by atoms with Crippen LogP contribution in [0.25, 0.3) is 0 Å². The van der Waals surface area contributed by atoms with Gasteiger partial charge in [-0.3, -0.25) is 4.99 Å². The molecule has 2 heterocycles. The van der Waals surface area contributed by atoms with Crippen molar-refractivity contribution in [3.05, 3.63) is 28.7 Å². The minimum absolute atomic E-state index is 0.697. The second kappa shape index (κ2) is 7.36. The molecule has 1 atom stereocenters. The number of guanidine groups is 1. The van der Waals surface area contributed by atoms with Gasteiger partial charge in [-0.05, 0) is 49.4 Å². The molecule has 4 nitrogen and oxygen atoms in total. The maximum absolute atomic E-state index is 4.43. The maximum atomic E-state index is 4.43. The van der Waals surface area contributed by atoms with E-state index in [0.29, 0.717) is 5.92 Å². The van der Waals surface area contributed by atoms with E-state index >= 15 is 0 Å². The van der Waals surface area contributed by atoms with Crippen molar-refractivity contribution >= 4 is 27.6 Å². The fourth-order valence-corrected chi connectivity index (χ4v) is 3.65. The third kappa shape index (κ3) is 3.75. The summed E-state index contributed by atoms with van der Waals surface area (Å²) in [4.78, 5) is 9.29. The van der Waals surface area contributed by atoms with Crippen molar-refractivity contribution in [1.82, 2.24) is 10.2 Å². The number of nitrogens with one attached hydrogen (secondary N) is 1. The molecule has 0 aromatic heterocycles. The Balaban J connectivity index is 1.49. The molecule has 22 heavy (non-hydrogen) atoms. The summed E-state index contributed by atoms with van der Waals surface area (Å²) in [5.74, 6) is 1.78. The highest BCUT2D eigenvalue weighted by molar-refractivity contribution is 9.10. The van der Waals surface area contributed by atoms with Crippen LogP contribution in [0, 0.1) is 5.92 Å². The first-order valence-corrected chi connectivity index (χ1v) is 9.01. The third-order valence-electron chi connectivity index (χ3n) is 4.64. The molecule has 1 aromatic carbocycles. The van der Waals surface area contributed by atoms with E-state index in [-0.39, 0.29) is 0 Å². The molecule has 0 spiro atoms. The average molecular weight is 365 g/mol. The summed E-state index contributed by atoms with van der Waals surface area (Å²) >= 11 is 3.50. The topological polar surface area (TPSA) is 30.9 Å². The molecule has 2 fully saturated rings. The van der Waals surface area contributed by atoms with E-state index in [1.54, 1.807) is 0 Å². The fourth-order valence-electron chi connectivity index (χ4n) is 3.38. The molecule has 0 saturated carbocycles. The number of anilines is 1. The molecule has 2 saturated heterocycles. The second-order valence-corrected chi connectivity index (χ2v) is 7.12. The zero-order chi connectivity index (χ0) is 15.4. The first-order valence-electron chi connectivity index (χ1n) is 8.22. The lowest BCUT2D eigenvalue weighted by molar-refractivity contribution is 0.476. The van der Waals surface area contributed by atoms with E-state index in [1.165, 1.54) is 24.9 Å². The standard InChI is InChI=1S/C17H25BrN4/c1-19-17(21-9-2-3-10-21)20-12-14-8-11-22(13-14)16-6-4-15(18)5-7-16/h4-7,14H,2-3,8-13H2,1H3,(H,19,20). The Morgan fingerprint density at radius 1 is 1.23 bits per heavy atom. The Morgan fingerprint density at radius 2 is 1.95 bits per heavy atom. The molecule has 1 aromatic rings. The number of rotatable bonds is 3. The monoisotopic (exact) mass is 364 g/mol. The van der Waals surface area contributed by atoms with Crippen LogP contribution in [0.15, 0.2) is 33.7 Å². The van der Waals surface area contributed by atoms with E-state index < -0.39 is 0 Å². The van der Waals surface area contributed by atoms with Gasteiger partial charge in [-0.25, -0.2) is 0 Å². The van der Waals surface area contributed by atoms with Gasteiger partial charge in [-0.15, -0.1) is 0 Å². The fraction of sp³-hybridized carbons (Fsp3) is 0.588. The number of hydrogen-bond donors (Lipinski definition) is 1. The average Bonchev–Trinajstić information content (AvgIpc) is 3.20. The zero-order valence-electron chi connectivity index (χ0n) is 13.3. The third-order valence-corrected chi connectivity index (χ3v) is 5.17. The molecule has 0 aliphatic carbocycles. The van der Waals surface area contributed by atoms with Gasteiger partial charge in [0.25, 0.3) is 0 Å². The van der Waals surface area contributed by atoms with Crippen molar-refractivity contribution in [2.45, 2.75) is 19.3 Å². The van der Waals surface area contributed by atoms with E-state index in [0.717, 1.165) is 43.2 Å². The summed E-state index contributed by atoms with van der Waals surface area (Å²) in [5.41, 5.74) is 1.33. The number of likely N-dealkylation sites (tertiary alicyclic amines) is 1. The van der Waals surface area contributed by atoms with Crippen molar-refractivity contribution in [3.8, 4) is 0 Å². The van der Waals surface area contributed by atoms with Gasteiger partial charge in [-0.2, -0.15) is 0 Å². The summed E-state index contributed by atoms with van der Waals surface area (Å²) in [7, 11) is 1.89. The van der Waals surface area contributed by atoms with Crippen LogP contribution in [0.4, 0.5) is 5.69 Å². The van der Waals surface area contributed by atoms with Gasteiger partial charge >= 0.3 is 0 Å². The van der Waals surface area contributed by atoms with Crippen molar-refractivity contribution in [1.29, 1.82) is 0 Å². The molecular formula is C17H25BrN4. The van der Waals surface area contributed by atoms with Crippen LogP contribution in [0.2, 0.25) is 0 Å². The lowest BCUT2D eigenvalue weighted by Gasteiger charge is -2.23. The molecule has 3 rings (SSSR count). The normalized spacial score (nSPS) is 22.5. The lowest BCUT2D eigenvalue weighted by atomic mass is 10.1. The summed E-state index contributed by atoms with van der Waals surface area (Å²) in [6.07, 6.45) is 3.84. The molecular weight excluding hydrogens is 340 g/mol. The number of nitrogens with zero attached hydrogens (tertiary/aromatic N) is 3. The number of halogens is 1. The Morgan fingerprint density at radius 3 is 2.64 bits per heavy atom. The summed E-state index contributed by atoms with van der Waals surface area (Å²) in [6.45, 7) is 5.60. The van der Waals surface area contributed by atoms with E-state index in [2.05, 4.69) is 60.3 Å². The highest BCUT2D eigenvalue weighted by atomic mass is 79.9. The van der Waals surface area contributed by atoms with Gasteiger partial charge in [0.2, 0.25) is 0 Å². The zero-order valence-corrected chi connectivity index (χ0v) is 14.8. The number of hydrogen-bond acceptors (Lipinski definition) is 2. The predicted molar refractivity (Wildman–Crippen MR) is 96.6 cm³/mol. The smallest absolute Gasteiger partial charge is 0.193 e. The van der Waals surface area contributed by atoms with Gasteiger partial charge < -0.3 is 15.1 Å². The van der Waals surface area contributed by atoms with Crippen LogP contribution in [-0.4, -0.2) is 50.6 Å². The lowest BCUT2D eigenvalue weighted by Crippen LogP contribution is -2.42. The molecule has 0 radical (unpaired) electrons. The van der Waals surface area contributed by atoms with Crippen molar-refractivity contribution in [2.24, 2.45) is 10.9 Å². The Labute approximate surface area is 141 Å². The molecule has 0 amide bonds. The Hall–Kier alpha value is -1.23. The predicted octanol–water partition coefficient (Wildman–Crippen LogP) is 2.95. The molecule has 1 N–H and O–H groups in total. The second-order valence-electron chi connectivity index (χ2n) is 6.20. The van der Waals surface area contributed by atoms with Gasteiger partial charge in [0.1, 0.15) is 0 Å². The van der Waals surface area contributed by atoms with Crippen LogP contribution in [0.1, 0.15) is 19.3 Å². The molecule has 0 bridgehead atoms. The van der Waals surface area contributed by atoms with E-state index in [1.807, 2.05) is 7.05 Å². The minimum Gasteiger partial charge on any atom is -0.371 e. The maximum Gasteiger partial charge on any atom is 0.193 e. The van der Waals surface area contributed by atoms with E-state index in [4.69, 9.17) is 0 Å². The van der Waals surface area contributed by atoms with Gasteiger partial charge in [-0.1, -0.05) is 15.9 Å². The molecule has 2 aliphatic heterocycles. The van der Waals surface area contributed by atoms with Crippen LogP contribution in [-0.2, 0) is 0 Å². The van der Waals surface area contributed by atoms with Crippen molar-refractivity contribution < 1.29 is 0 Å². The number of aliphatic imine (C=N–C) groups is 1. The number of benzene rings is 1. The SMILES string of the molecule is CN=C(NCC1CCN(c2ccc(Br)cc2)C1)N1CCCC1. The molecule has 2 aliphatic rings. The minimum atomic E-state index is 0.697. The Bertz CT molecular complexity index is 508. The highest BCUT2D eigenvalue weighted by Crippen LogP contribution is 2.25. The highest BCUT2D eigenvalue weighted by Gasteiger charge is 2.24. The van der Waals surface area contributed by atoms with Gasteiger partial charge in [0.05, 0.1) is 0 Å². The first kappa shape index (κ1) is 15.7. The van der Waals surface area contributed by atoms with Crippen LogP contribution in [0.3, 0.4) is 0 Å². The summed E-state index contributed by atoms with van der Waals surface area (Å²) in [6, 6.07) is 8.64. The first-order chi connectivity index (χ1) is 10.8. The van der Waals surface area contributed by atoms with Crippen LogP contribution < -0.4 is 10.2 Å². The van der Waals surface area contributed by atoms with Crippen molar-refractivity contribution in [3.63, 3.8) is 0 Å². The molecule has 5 heteroatoms. The molecule has 120 valence electrons. The van der Waals surface area contributed by atoms with Crippen LogP contribution >= 0.6 is 15.9 Å². The largest absolute Gasteiger partial charge is 0.371 e. The van der Waals surface area contributed by atoms with Gasteiger partial charge in [0, 0.05) is 49.9 Å². The van der Waals surface area contributed by atoms with E-state index in [9.17, 15) is 0 Å². The van der Waals surface area contributed by atoms with Crippen molar-refractivity contribution in [2.75, 3.05) is 44.7 Å². The summed E-state index contributed by atoms with van der Waals surface area (Å²) in [5, 5.41) is 3.58.